The molecule has 0 amide bonds. The monoisotopic (exact) mass is 339 g/mol. The van der Waals surface area contributed by atoms with Crippen LogP contribution >= 0.6 is 11.5 Å². The van der Waals surface area contributed by atoms with Crippen LogP contribution in [0, 0.1) is 6.92 Å². The first-order chi connectivity index (χ1) is 11.7. The number of benzene rings is 2. The number of aromatic nitrogens is 2. The average Bonchev–Trinajstić information content (AvgIpc) is 3.05. The zero-order valence-electron chi connectivity index (χ0n) is 14.0. The second kappa shape index (κ2) is 7.93. The molecule has 1 heterocycles. The molecule has 0 atom stereocenters. The molecule has 1 aromatic heterocycles. The van der Waals surface area contributed by atoms with E-state index < -0.39 is 0 Å². The van der Waals surface area contributed by atoms with Crippen LogP contribution in [-0.4, -0.2) is 23.0 Å². The molecule has 1 N–H and O–H groups in total. The van der Waals surface area contributed by atoms with Gasteiger partial charge in [0.25, 0.3) is 0 Å². The lowest BCUT2D eigenvalue weighted by molar-refractivity contribution is 0.414. The maximum Gasteiger partial charge on any atom is 0.202 e. The highest BCUT2D eigenvalue weighted by atomic mass is 32.1. The van der Waals surface area contributed by atoms with Gasteiger partial charge in [-0.25, -0.2) is 4.98 Å². The third-order valence-electron chi connectivity index (χ3n) is 3.80. The highest BCUT2D eigenvalue weighted by Gasteiger charge is 2.05. The number of rotatable bonds is 7. The van der Waals surface area contributed by atoms with Crippen LogP contribution < -0.4 is 10.1 Å². The fraction of sp³-hybridized carbons (Fsp3) is 0.263. The minimum Gasteiger partial charge on any atom is -0.497 e. The van der Waals surface area contributed by atoms with Crippen molar-refractivity contribution in [2.75, 3.05) is 19.0 Å². The predicted molar refractivity (Wildman–Crippen MR) is 99.1 cm³/mol. The lowest BCUT2D eigenvalue weighted by atomic mass is 10.1. The van der Waals surface area contributed by atoms with Gasteiger partial charge in [0.2, 0.25) is 5.13 Å². The van der Waals surface area contributed by atoms with Crippen molar-refractivity contribution in [2.45, 2.75) is 19.8 Å². The van der Waals surface area contributed by atoms with Crippen molar-refractivity contribution in [3.8, 4) is 5.75 Å². The minimum atomic E-state index is 0.775. The number of hydrogen-bond donors (Lipinski definition) is 1. The van der Waals surface area contributed by atoms with Crippen LogP contribution in [0.2, 0.25) is 0 Å². The first-order valence-electron chi connectivity index (χ1n) is 7.98. The molecule has 0 unspecified atom stereocenters. The summed E-state index contributed by atoms with van der Waals surface area (Å²) in [5.41, 5.74) is 3.78. The van der Waals surface area contributed by atoms with Gasteiger partial charge in [-0.1, -0.05) is 42.0 Å². The molecular formula is C19H21N3OS. The number of hydrogen-bond acceptors (Lipinski definition) is 5. The van der Waals surface area contributed by atoms with Gasteiger partial charge in [-0.3, -0.25) is 0 Å². The Bertz CT molecular complexity index is 766. The summed E-state index contributed by atoms with van der Waals surface area (Å²) < 4.78 is 9.60. The zero-order chi connectivity index (χ0) is 16.8. The Kier molecular flexibility index (Phi) is 5.43. The topological polar surface area (TPSA) is 47.0 Å². The normalized spacial score (nSPS) is 10.6. The fourth-order valence-electron chi connectivity index (χ4n) is 2.39. The van der Waals surface area contributed by atoms with E-state index in [9.17, 15) is 0 Å². The van der Waals surface area contributed by atoms with Crippen molar-refractivity contribution in [1.29, 1.82) is 0 Å². The average molecular weight is 339 g/mol. The van der Waals surface area contributed by atoms with Crippen LogP contribution in [0.5, 0.6) is 5.75 Å². The molecule has 0 spiro atoms. The largest absolute Gasteiger partial charge is 0.497 e. The number of methoxy groups -OCH3 is 1. The van der Waals surface area contributed by atoms with E-state index in [1.807, 2.05) is 12.1 Å². The van der Waals surface area contributed by atoms with E-state index in [1.54, 1.807) is 7.11 Å². The number of aryl methyl sites for hydroxylation is 1. The van der Waals surface area contributed by atoms with Crippen LogP contribution in [-0.2, 0) is 12.8 Å². The highest BCUT2D eigenvalue weighted by molar-refractivity contribution is 7.09. The number of ether oxygens (including phenoxy) is 1. The summed E-state index contributed by atoms with van der Waals surface area (Å²) in [6.07, 6.45) is 1.72. The van der Waals surface area contributed by atoms with Crippen molar-refractivity contribution >= 4 is 16.7 Å². The molecule has 124 valence electrons. The molecule has 4 nitrogen and oxygen atoms in total. The first kappa shape index (κ1) is 16.5. The van der Waals surface area contributed by atoms with E-state index in [1.165, 1.54) is 28.2 Å². The molecule has 3 rings (SSSR count). The first-order valence-corrected chi connectivity index (χ1v) is 8.75. The Labute approximate surface area is 146 Å². The smallest absolute Gasteiger partial charge is 0.202 e. The molecule has 0 saturated heterocycles. The summed E-state index contributed by atoms with van der Waals surface area (Å²) in [5, 5.41) is 4.23. The summed E-state index contributed by atoms with van der Waals surface area (Å²) >= 11 is 1.42. The standard InChI is InChI=1S/C19H21N3OS/c1-14-3-5-16(6-4-14)13-18-21-19(24-22-18)20-12-11-15-7-9-17(23-2)10-8-15/h3-10H,11-13H2,1-2H3,(H,20,21,22). The van der Waals surface area contributed by atoms with E-state index in [-0.39, 0.29) is 0 Å². The Balaban J connectivity index is 1.49. The lowest BCUT2D eigenvalue weighted by Crippen LogP contribution is -2.04. The molecular weight excluding hydrogens is 318 g/mol. The summed E-state index contributed by atoms with van der Waals surface area (Å²) in [5.74, 6) is 1.76. The molecule has 0 aliphatic carbocycles. The maximum atomic E-state index is 5.17. The number of anilines is 1. The quantitative estimate of drug-likeness (QED) is 0.704. The van der Waals surface area contributed by atoms with Crippen LogP contribution in [0.3, 0.4) is 0 Å². The molecule has 0 radical (unpaired) electrons. The fourth-order valence-corrected chi connectivity index (χ4v) is 3.00. The summed E-state index contributed by atoms with van der Waals surface area (Å²) in [6, 6.07) is 16.7. The molecule has 3 aromatic rings. The van der Waals surface area contributed by atoms with Crippen molar-refractivity contribution in [3.05, 3.63) is 71.0 Å². The van der Waals surface area contributed by atoms with E-state index in [0.29, 0.717) is 0 Å². The summed E-state index contributed by atoms with van der Waals surface area (Å²) in [4.78, 5) is 4.56. The second-order valence-electron chi connectivity index (χ2n) is 5.70. The molecule has 0 saturated carbocycles. The van der Waals surface area contributed by atoms with Gasteiger partial charge in [0.15, 0.2) is 0 Å². The van der Waals surface area contributed by atoms with Gasteiger partial charge in [0.05, 0.1) is 7.11 Å². The van der Waals surface area contributed by atoms with E-state index in [4.69, 9.17) is 4.74 Å². The van der Waals surface area contributed by atoms with E-state index >= 15 is 0 Å². The highest BCUT2D eigenvalue weighted by Crippen LogP contribution is 2.16. The Morgan fingerprint density at radius 2 is 1.71 bits per heavy atom. The third kappa shape index (κ3) is 4.55. The van der Waals surface area contributed by atoms with Crippen LogP contribution in [0.1, 0.15) is 22.5 Å². The third-order valence-corrected chi connectivity index (χ3v) is 4.51. The van der Waals surface area contributed by atoms with Crippen LogP contribution in [0.25, 0.3) is 0 Å². The van der Waals surface area contributed by atoms with Gasteiger partial charge in [-0.2, -0.15) is 4.37 Å². The van der Waals surface area contributed by atoms with Gasteiger partial charge in [0.1, 0.15) is 11.6 Å². The molecule has 2 aromatic carbocycles. The Hall–Kier alpha value is -2.40. The molecule has 24 heavy (non-hydrogen) atoms. The van der Waals surface area contributed by atoms with Crippen molar-refractivity contribution in [1.82, 2.24) is 9.36 Å². The summed E-state index contributed by atoms with van der Waals surface area (Å²) in [6.45, 7) is 2.93. The van der Waals surface area contributed by atoms with Crippen molar-refractivity contribution in [2.24, 2.45) is 0 Å². The van der Waals surface area contributed by atoms with Gasteiger partial charge in [-0.15, -0.1) is 0 Å². The molecule has 0 aliphatic heterocycles. The SMILES string of the molecule is COc1ccc(CCNc2nc(Cc3ccc(C)cc3)ns2)cc1. The van der Waals surface area contributed by atoms with E-state index in [2.05, 4.69) is 58.0 Å². The van der Waals surface area contributed by atoms with Gasteiger partial charge >= 0.3 is 0 Å². The van der Waals surface area contributed by atoms with Crippen molar-refractivity contribution in [3.63, 3.8) is 0 Å². The summed E-state index contributed by atoms with van der Waals surface area (Å²) in [7, 11) is 1.68. The maximum absolute atomic E-state index is 5.17. The zero-order valence-corrected chi connectivity index (χ0v) is 14.8. The van der Waals surface area contributed by atoms with Crippen LogP contribution in [0.4, 0.5) is 5.13 Å². The second-order valence-corrected chi connectivity index (χ2v) is 6.45. The molecule has 0 fully saturated rings. The number of nitrogens with one attached hydrogen (secondary N) is 1. The minimum absolute atomic E-state index is 0.775. The molecule has 5 heteroatoms. The Morgan fingerprint density at radius 3 is 2.42 bits per heavy atom. The molecule has 0 bridgehead atoms. The lowest BCUT2D eigenvalue weighted by Gasteiger charge is -2.04. The van der Waals surface area contributed by atoms with Gasteiger partial charge < -0.3 is 10.1 Å². The van der Waals surface area contributed by atoms with Crippen LogP contribution in [0.15, 0.2) is 48.5 Å². The van der Waals surface area contributed by atoms with E-state index in [0.717, 1.165) is 36.1 Å². The van der Waals surface area contributed by atoms with Crippen molar-refractivity contribution < 1.29 is 4.74 Å². The number of nitrogens with zero attached hydrogens (tertiary/aromatic N) is 2. The predicted octanol–water partition coefficient (Wildman–Crippen LogP) is 4.10. The molecule has 0 aliphatic rings. The Morgan fingerprint density at radius 1 is 1.00 bits per heavy atom. The van der Waals surface area contributed by atoms with Gasteiger partial charge in [0, 0.05) is 24.5 Å². The van der Waals surface area contributed by atoms with Gasteiger partial charge in [-0.05, 0) is 36.6 Å².